The molecule has 2 heterocycles. The fraction of sp³-hybridized carbons (Fsp3) is 0.154. The number of rotatable bonds is 4. The molecule has 17 heavy (non-hydrogen) atoms. The molecule has 0 aliphatic heterocycles. The van der Waals surface area contributed by atoms with Crippen LogP contribution in [0, 0.1) is 0 Å². The maximum absolute atomic E-state index is 4.02. The molecule has 0 unspecified atom stereocenters. The van der Waals surface area contributed by atoms with E-state index < -0.39 is 0 Å². The molecule has 3 aromatic rings. The van der Waals surface area contributed by atoms with Crippen molar-refractivity contribution in [2.75, 3.05) is 0 Å². The first kappa shape index (κ1) is 10.5. The Morgan fingerprint density at radius 3 is 3.12 bits per heavy atom. The molecule has 3 rings (SSSR count). The van der Waals surface area contributed by atoms with Crippen molar-refractivity contribution in [2.45, 2.75) is 13.1 Å². The highest BCUT2D eigenvalue weighted by Gasteiger charge is 1.98. The van der Waals surface area contributed by atoms with Crippen molar-refractivity contribution in [3.05, 3.63) is 52.3 Å². The van der Waals surface area contributed by atoms with Crippen molar-refractivity contribution < 1.29 is 0 Å². The van der Waals surface area contributed by atoms with Crippen molar-refractivity contribution in [1.82, 2.24) is 15.5 Å². The van der Waals surface area contributed by atoms with E-state index in [1.165, 1.54) is 10.4 Å². The fourth-order valence-corrected chi connectivity index (χ4v) is 2.51. The number of nitrogens with one attached hydrogen (secondary N) is 2. The van der Waals surface area contributed by atoms with Gasteiger partial charge in [0.25, 0.3) is 0 Å². The second-order valence-corrected chi connectivity index (χ2v) is 5.01. The molecule has 0 atom stereocenters. The van der Waals surface area contributed by atoms with Gasteiger partial charge in [0, 0.05) is 23.4 Å². The quantitative estimate of drug-likeness (QED) is 0.739. The molecule has 1 aromatic carbocycles. The Labute approximate surface area is 103 Å². The van der Waals surface area contributed by atoms with Crippen molar-refractivity contribution >= 4 is 22.2 Å². The number of aromatic amines is 1. The number of fused-ring (bicyclic) bond motifs is 1. The number of H-pyrrole nitrogens is 1. The van der Waals surface area contributed by atoms with Gasteiger partial charge in [-0.15, -0.1) is 11.3 Å². The van der Waals surface area contributed by atoms with Crippen LogP contribution in [0.25, 0.3) is 10.9 Å². The van der Waals surface area contributed by atoms with Crippen molar-refractivity contribution in [1.29, 1.82) is 0 Å². The van der Waals surface area contributed by atoms with Gasteiger partial charge in [-0.3, -0.25) is 5.10 Å². The zero-order valence-electron chi connectivity index (χ0n) is 9.31. The zero-order valence-corrected chi connectivity index (χ0v) is 10.1. The minimum Gasteiger partial charge on any atom is -0.308 e. The summed E-state index contributed by atoms with van der Waals surface area (Å²) in [4.78, 5) is 1.37. The van der Waals surface area contributed by atoms with E-state index >= 15 is 0 Å². The third-order valence-electron chi connectivity index (χ3n) is 2.71. The molecule has 0 radical (unpaired) electrons. The largest absolute Gasteiger partial charge is 0.308 e. The molecule has 0 aliphatic carbocycles. The number of benzene rings is 1. The highest BCUT2D eigenvalue weighted by molar-refractivity contribution is 7.09. The number of aromatic nitrogens is 2. The van der Waals surface area contributed by atoms with Gasteiger partial charge in [0.15, 0.2) is 0 Å². The third-order valence-corrected chi connectivity index (χ3v) is 3.59. The topological polar surface area (TPSA) is 40.7 Å². The minimum absolute atomic E-state index is 0.882. The third kappa shape index (κ3) is 2.38. The molecule has 86 valence electrons. The van der Waals surface area contributed by atoms with Crippen LogP contribution in [0.15, 0.2) is 41.9 Å². The molecule has 4 heteroatoms. The molecule has 0 spiro atoms. The van der Waals surface area contributed by atoms with Gasteiger partial charge in [-0.25, -0.2) is 0 Å². The highest BCUT2D eigenvalue weighted by atomic mass is 32.1. The lowest BCUT2D eigenvalue weighted by Crippen LogP contribution is -2.11. The van der Waals surface area contributed by atoms with Crippen LogP contribution >= 0.6 is 11.3 Å². The molecule has 0 saturated carbocycles. The van der Waals surface area contributed by atoms with Gasteiger partial charge < -0.3 is 5.32 Å². The first-order valence-electron chi connectivity index (χ1n) is 5.57. The molecule has 2 N–H and O–H groups in total. The Morgan fingerprint density at radius 1 is 1.24 bits per heavy atom. The molecule has 0 amide bonds. The summed E-state index contributed by atoms with van der Waals surface area (Å²) < 4.78 is 0. The van der Waals surface area contributed by atoms with Crippen LogP contribution < -0.4 is 5.32 Å². The van der Waals surface area contributed by atoms with Crippen LogP contribution in [0.5, 0.6) is 0 Å². The predicted octanol–water partition coefficient (Wildman–Crippen LogP) is 2.91. The second-order valence-electron chi connectivity index (χ2n) is 3.97. The van der Waals surface area contributed by atoms with Crippen LogP contribution in [-0.2, 0) is 13.1 Å². The van der Waals surface area contributed by atoms with Crippen molar-refractivity contribution in [3.63, 3.8) is 0 Å². The fourth-order valence-electron chi connectivity index (χ4n) is 1.84. The smallest absolute Gasteiger partial charge is 0.0653 e. The van der Waals surface area contributed by atoms with Gasteiger partial charge in [0.2, 0.25) is 0 Å². The standard InChI is InChI=1S/C13H13N3S/c1-2-12(17-5-1)9-14-7-10-3-4-11-8-15-16-13(11)6-10/h1-6,8,14H,7,9H2,(H,15,16). The lowest BCUT2D eigenvalue weighted by atomic mass is 10.1. The van der Waals surface area contributed by atoms with Gasteiger partial charge in [-0.1, -0.05) is 18.2 Å². The van der Waals surface area contributed by atoms with Crippen LogP contribution in [0.2, 0.25) is 0 Å². The molecule has 0 saturated heterocycles. The van der Waals surface area contributed by atoms with Crippen LogP contribution in [0.1, 0.15) is 10.4 Å². The maximum atomic E-state index is 4.02. The molecule has 0 bridgehead atoms. The molecule has 2 aromatic heterocycles. The average molecular weight is 243 g/mol. The van der Waals surface area contributed by atoms with Crippen LogP contribution in [-0.4, -0.2) is 10.2 Å². The Hall–Kier alpha value is -1.65. The predicted molar refractivity (Wildman–Crippen MR) is 71.0 cm³/mol. The Balaban J connectivity index is 1.64. The summed E-state index contributed by atoms with van der Waals surface area (Å²) in [5.41, 5.74) is 2.37. The zero-order chi connectivity index (χ0) is 11.5. The highest BCUT2D eigenvalue weighted by Crippen LogP contribution is 2.13. The summed E-state index contributed by atoms with van der Waals surface area (Å²) >= 11 is 1.78. The van der Waals surface area contributed by atoms with E-state index in [2.05, 4.69) is 51.2 Å². The summed E-state index contributed by atoms with van der Waals surface area (Å²) in [7, 11) is 0. The second kappa shape index (κ2) is 4.69. The van der Waals surface area contributed by atoms with Crippen LogP contribution in [0.4, 0.5) is 0 Å². The SMILES string of the molecule is c1csc(CNCc2ccc3cn[nH]c3c2)c1. The van der Waals surface area contributed by atoms with E-state index in [9.17, 15) is 0 Å². The summed E-state index contributed by atoms with van der Waals surface area (Å²) in [6.45, 7) is 1.81. The Bertz CT molecular complexity index is 598. The summed E-state index contributed by atoms with van der Waals surface area (Å²) in [6.07, 6.45) is 1.85. The van der Waals surface area contributed by atoms with E-state index in [0.717, 1.165) is 24.0 Å². The summed E-state index contributed by atoms with van der Waals surface area (Å²) in [6, 6.07) is 10.6. The van der Waals surface area contributed by atoms with Crippen molar-refractivity contribution in [3.8, 4) is 0 Å². The maximum Gasteiger partial charge on any atom is 0.0653 e. The number of thiophene rings is 1. The van der Waals surface area contributed by atoms with Gasteiger partial charge in [-0.2, -0.15) is 5.10 Å². The lowest BCUT2D eigenvalue weighted by Gasteiger charge is -2.03. The monoisotopic (exact) mass is 243 g/mol. The first-order valence-corrected chi connectivity index (χ1v) is 6.45. The van der Waals surface area contributed by atoms with Crippen LogP contribution in [0.3, 0.4) is 0 Å². The lowest BCUT2D eigenvalue weighted by molar-refractivity contribution is 0.701. The molecule has 0 fully saturated rings. The summed E-state index contributed by atoms with van der Waals surface area (Å²) in [5, 5.41) is 13.7. The summed E-state index contributed by atoms with van der Waals surface area (Å²) in [5.74, 6) is 0. The van der Waals surface area contributed by atoms with Gasteiger partial charge in [0.05, 0.1) is 11.7 Å². The molecular weight excluding hydrogens is 230 g/mol. The van der Waals surface area contributed by atoms with E-state index in [-0.39, 0.29) is 0 Å². The average Bonchev–Trinajstić information content (AvgIpc) is 2.98. The normalized spacial score (nSPS) is 11.1. The number of hydrogen-bond acceptors (Lipinski definition) is 3. The van der Waals surface area contributed by atoms with Crippen molar-refractivity contribution in [2.24, 2.45) is 0 Å². The van der Waals surface area contributed by atoms with E-state index in [1.807, 2.05) is 6.20 Å². The van der Waals surface area contributed by atoms with E-state index in [4.69, 9.17) is 0 Å². The van der Waals surface area contributed by atoms with Gasteiger partial charge in [-0.05, 0) is 23.1 Å². The number of hydrogen-bond donors (Lipinski definition) is 2. The first-order chi connectivity index (χ1) is 8.42. The molecule has 3 nitrogen and oxygen atoms in total. The molecular formula is C13H13N3S. The van der Waals surface area contributed by atoms with E-state index in [0.29, 0.717) is 0 Å². The van der Waals surface area contributed by atoms with Gasteiger partial charge in [0.1, 0.15) is 0 Å². The minimum atomic E-state index is 0.882. The Morgan fingerprint density at radius 2 is 2.24 bits per heavy atom. The Kier molecular flexibility index (Phi) is 2.90. The number of nitrogens with zero attached hydrogens (tertiary/aromatic N) is 1. The van der Waals surface area contributed by atoms with E-state index in [1.54, 1.807) is 11.3 Å². The van der Waals surface area contributed by atoms with Gasteiger partial charge >= 0.3 is 0 Å². The molecule has 0 aliphatic rings.